The molecule has 1 aromatic carbocycles. The van der Waals surface area contributed by atoms with Gasteiger partial charge in [-0.25, -0.2) is 18.1 Å². The SMILES string of the molecule is CC(NS(=O)(=O)C1CCCCC1)c1nc2ccccc2[nH]1. The van der Waals surface area contributed by atoms with Gasteiger partial charge in [-0.05, 0) is 31.9 Å². The van der Waals surface area contributed by atoms with E-state index in [2.05, 4.69) is 14.7 Å². The van der Waals surface area contributed by atoms with Crippen LogP contribution >= 0.6 is 0 Å². The molecule has 1 aliphatic carbocycles. The largest absolute Gasteiger partial charge is 0.341 e. The van der Waals surface area contributed by atoms with Crippen LogP contribution in [-0.2, 0) is 10.0 Å². The summed E-state index contributed by atoms with van der Waals surface area (Å²) in [6.45, 7) is 1.83. The number of hydrogen-bond acceptors (Lipinski definition) is 3. The molecule has 6 heteroatoms. The number of nitrogens with one attached hydrogen (secondary N) is 2. The lowest BCUT2D eigenvalue weighted by atomic mass is 10.0. The van der Waals surface area contributed by atoms with Gasteiger partial charge in [-0.15, -0.1) is 0 Å². The van der Waals surface area contributed by atoms with Crippen LogP contribution in [0.3, 0.4) is 0 Å². The Morgan fingerprint density at radius 3 is 2.67 bits per heavy atom. The van der Waals surface area contributed by atoms with Crippen LogP contribution in [0.5, 0.6) is 0 Å². The molecule has 1 atom stereocenters. The normalized spacial score (nSPS) is 18.9. The van der Waals surface area contributed by atoms with Crippen molar-refractivity contribution in [2.75, 3.05) is 0 Å². The molecule has 2 N–H and O–H groups in total. The van der Waals surface area contributed by atoms with E-state index >= 15 is 0 Å². The molecule has 1 saturated carbocycles. The van der Waals surface area contributed by atoms with Crippen molar-refractivity contribution in [2.24, 2.45) is 0 Å². The summed E-state index contributed by atoms with van der Waals surface area (Å²) in [5, 5.41) is -0.252. The molecular formula is C15H21N3O2S. The van der Waals surface area contributed by atoms with Crippen LogP contribution in [-0.4, -0.2) is 23.6 Å². The summed E-state index contributed by atoms with van der Waals surface area (Å²) < 4.78 is 27.6. The number of rotatable bonds is 4. The molecule has 0 aliphatic heterocycles. The average molecular weight is 307 g/mol. The van der Waals surface area contributed by atoms with Crippen molar-refractivity contribution in [1.82, 2.24) is 14.7 Å². The van der Waals surface area contributed by atoms with Gasteiger partial charge in [0.15, 0.2) is 0 Å². The molecule has 0 saturated heterocycles. The van der Waals surface area contributed by atoms with Gasteiger partial charge in [0.25, 0.3) is 0 Å². The minimum Gasteiger partial charge on any atom is -0.341 e. The molecular weight excluding hydrogens is 286 g/mol. The topological polar surface area (TPSA) is 74.8 Å². The van der Waals surface area contributed by atoms with Crippen LogP contribution in [0.25, 0.3) is 11.0 Å². The molecule has 0 amide bonds. The summed E-state index contributed by atoms with van der Waals surface area (Å²) in [6.07, 6.45) is 4.69. The number of aromatic nitrogens is 2. The van der Waals surface area contributed by atoms with Gasteiger partial charge < -0.3 is 4.98 Å². The molecule has 114 valence electrons. The number of sulfonamides is 1. The molecule has 5 nitrogen and oxygen atoms in total. The summed E-state index contributed by atoms with van der Waals surface area (Å²) in [5.74, 6) is 0.663. The number of fused-ring (bicyclic) bond motifs is 1. The Kier molecular flexibility index (Phi) is 3.99. The van der Waals surface area contributed by atoms with Gasteiger partial charge in [0.05, 0.1) is 22.3 Å². The molecule has 3 rings (SSSR count). The van der Waals surface area contributed by atoms with Crippen molar-refractivity contribution in [3.8, 4) is 0 Å². The molecule has 1 heterocycles. The van der Waals surface area contributed by atoms with E-state index in [9.17, 15) is 8.42 Å². The zero-order valence-corrected chi connectivity index (χ0v) is 13.0. The minimum absolute atomic E-state index is 0.252. The third-order valence-corrected chi connectivity index (χ3v) is 6.18. The highest BCUT2D eigenvalue weighted by atomic mass is 32.2. The fourth-order valence-electron chi connectivity index (χ4n) is 2.95. The van der Waals surface area contributed by atoms with Gasteiger partial charge in [-0.3, -0.25) is 0 Å². The second-order valence-corrected chi connectivity index (χ2v) is 7.78. The predicted octanol–water partition coefficient (Wildman–Crippen LogP) is 2.88. The number of aromatic amines is 1. The number of hydrogen-bond donors (Lipinski definition) is 2. The van der Waals surface area contributed by atoms with E-state index in [1.54, 1.807) is 0 Å². The van der Waals surface area contributed by atoms with Crippen LogP contribution in [0, 0.1) is 0 Å². The zero-order chi connectivity index (χ0) is 14.9. The molecule has 2 aromatic rings. The first-order valence-corrected chi connectivity index (χ1v) is 9.07. The lowest BCUT2D eigenvalue weighted by molar-refractivity contribution is 0.472. The number of nitrogens with zero attached hydrogens (tertiary/aromatic N) is 1. The van der Waals surface area contributed by atoms with E-state index in [0.29, 0.717) is 5.82 Å². The molecule has 1 unspecified atom stereocenters. The first-order valence-electron chi connectivity index (χ1n) is 7.52. The summed E-state index contributed by atoms with van der Waals surface area (Å²) in [4.78, 5) is 7.64. The second-order valence-electron chi connectivity index (χ2n) is 5.78. The minimum atomic E-state index is -3.28. The Hall–Kier alpha value is -1.40. The Morgan fingerprint density at radius 1 is 1.24 bits per heavy atom. The standard InChI is InChI=1S/C15H21N3O2S/c1-11(15-16-13-9-5-6-10-14(13)17-15)18-21(19,20)12-7-3-2-4-8-12/h5-6,9-12,18H,2-4,7-8H2,1H3,(H,16,17). The predicted molar refractivity (Wildman–Crippen MR) is 83.4 cm³/mol. The van der Waals surface area contributed by atoms with E-state index in [-0.39, 0.29) is 11.3 Å². The van der Waals surface area contributed by atoms with Gasteiger partial charge in [0, 0.05) is 0 Å². The van der Waals surface area contributed by atoms with Crippen molar-refractivity contribution in [1.29, 1.82) is 0 Å². The van der Waals surface area contributed by atoms with Crippen molar-refractivity contribution in [3.63, 3.8) is 0 Å². The monoisotopic (exact) mass is 307 g/mol. The van der Waals surface area contributed by atoms with Gasteiger partial charge in [0.1, 0.15) is 5.82 Å². The summed E-state index contributed by atoms with van der Waals surface area (Å²) in [7, 11) is -3.28. The molecule has 1 aliphatic rings. The number of benzene rings is 1. The Bertz CT molecular complexity index is 684. The second kappa shape index (κ2) is 5.77. The average Bonchev–Trinajstić information content (AvgIpc) is 2.92. The summed E-state index contributed by atoms with van der Waals surface area (Å²) in [6, 6.07) is 7.36. The highest BCUT2D eigenvalue weighted by Gasteiger charge is 2.29. The maximum atomic E-state index is 12.4. The van der Waals surface area contributed by atoms with Crippen molar-refractivity contribution < 1.29 is 8.42 Å². The highest BCUT2D eigenvalue weighted by Crippen LogP contribution is 2.25. The van der Waals surface area contributed by atoms with Crippen LogP contribution in [0.1, 0.15) is 50.9 Å². The molecule has 0 radical (unpaired) electrons. The third kappa shape index (κ3) is 3.11. The van der Waals surface area contributed by atoms with Crippen molar-refractivity contribution >= 4 is 21.1 Å². The molecule has 1 fully saturated rings. The maximum absolute atomic E-state index is 12.4. The first-order chi connectivity index (χ1) is 10.1. The van der Waals surface area contributed by atoms with Crippen LogP contribution in [0.2, 0.25) is 0 Å². The van der Waals surface area contributed by atoms with E-state index in [4.69, 9.17) is 0 Å². The quantitative estimate of drug-likeness (QED) is 0.912. The van der Waals surface area contributed by atoms with Crippen molar-refractivity contribution in [2.45, 2.75) is 50.3 Å². The van der Waals surface area contributed by atoms with E-state index in [1.165, 1.54) is 0 Å². The Labute approximate surface area is 125 Å². The summed E-state index contributed by atoms with van der Waals surface area (Å²) >= 11 is 0. The fourth-order valence-corrected chi connectivity index (χ4v) is 4.70. The zero-order valence-electron chi connectivity index (χ0n) is 12.2. The van der Waals surface area contributed by atoms with Crippen molar-refractivity contribution in [3.05, 3.63) is 30.1 Å². The molecule has 0 bridgehead atoms. The van der Waals surface area contributed by atoms with Gasteiger partial charge in [-0.2, -0.15) is 0 Å². The van der Waals surface area contributed by atoms with Crippen LogP contribution < -0.4 is 4.72 Å². The van der Waals surface area contributed by atoms with E-state index < -0.39 is 10.0 Å². The Balaban J connectivity index is 1.77. The lowest BCUT2D eigenvalue weighted by Gasteiger charge is -2.23. The van der Waals surface area contributed by atoms with Gasteiger partial charge in [-0.1, -0.05) is 31.4 Å². The number of imidazole rings is 1. The van der Waals surface area contributed by atoms with Gasteiger partial charge >= 0.3 is 0 Å². The smallest absolute Gasteiger partial charge is 0.215 e. The summed E-state index contributed by atoms with van der Waals surface area (Å²) in [5.41, 5.74) is 1.78. The fraction of sp³-hybridized carbons (Fsp3) is 0.533. The molecule has 1 aromatic heterocycles. The molecule has 0 spiro atoms. The third-order valence-electron chi connectivity index (χ3n) is 4.15. The highest BCUT2D eigenvalue weighted by molar-refractivity contribution is 7.90. The molecule has 21 heavy (non-hydrogen) atoms. The maximum Gasteiger partial charge on any atom is 0.215 e. The first kappa shape index (κ1) is 14.5. The lowest BCUT2D eigenvalue weighted by Crippen LogP contribution is -2.37. The number of para-hydroxylation sites is 2. The Morgan fingerprint density at radius 2 is 1.95 bits per heavy atom. The van der Waals surface area contributed by atoms with E-state index in [1.807, 2.05) is 31.2 Å². The van der Waals surface area contributed by atoms with E-state index in [0.717, 1.165) is 43.1 Å². The number of H-pyrrole nitrogens is 1. The van der Waals surface area contributed by atoms with Gasteiger partial charge in [0.2, 0.25) is 10.0 Å². The van der Waals surface area contributed by atoms with Crippen LogP contribution in [0.15, 0.2) is 24.3 Å². The van der Waals surface area contributed by atoms with Crippen LogP contribution in [0.4, 0.5) is 0 Å².